The number of fused-ring (bicyclic) bond motifs is 1. The molecule has 0 unspecified atom stereocenters. The highest BCUT2D eigenvalue weighted by Crippen LogP contribution is 2.31. The molecule has 6 heteroatoms. The summed E-state index contributed by atoms with van der Waals surface area (Å²) in [7, 11) is 0. The Hall–Kier alpha value is -2.73. The Morgan fingerprint density at radius 1 is 0.920 bits per heavy atom. The third-order valence-electron chi connectivity index (χ3n) is 3.54. The van der Waals surface area contributed by atoms with Gasteiger partial charge in [0.15, 0.2) is 0 Å². The predicted octanol–water partition coefficient (Wildman–Crippen LogP) is 4.32. The van der Waals surface area contributed by atoms with Crippen LogP contribution >= 0.6 is 11.3 Å². The fourth-order valence-electron chi connectivity index (χ4n) is 2.35. The number of nitrogens with zero attached hydrogens (tertiary/aromatic N) is 1. The summed E-state index contributed by atoms with van der Waals surface area (Å²) in [6.45, 7) is 4.25. The van der Waals surface area contributed by atoms with Gasteiger partial charge >= 0.3 is 11.9 Å². The van der Waals surface area contributed by atoms with Gasteiger partial charge in [-0.2, -0.15) is 0 Å². The molecule has 0 aliphatic rings. The molecule has 0 bridgehead atoms. The van der Waals surface area contributed by atoms with Crippen LogP contribution in [0.1, 0.15) is 34.6 Å². The average Bonchev–Trinajstić information content (AvgIpc) is 3.05. The number of thiazole rings is 1. The molecule has 3 aromatic rings. The van der Waals surface area contributed by atoms with Gasteiger partial charge in [-0.25, -0.2) is 14.6 Å². The van der Waals surface area contributed by atoms with E-state index in [4.69, 9.17) is 9.47 Å². The van der Waals surface area contributed by atoms with Crippen LogP contribution in [0.4, 0.5) is 0 Å². The fraction of sp³-hybridized carbons (Fsp3) is 0.211. The number of hydrogen-bond donors (Lipinski definition) is 0. The molecule has 0 atom stereocenters. The molecule has 0 N–H and O–H groups in total. The molecule has 0 amide bonds. The lowest BCUT2D eigenvalue weighted by molar-refractivity contribution is 0.0517. The zero-order valence-electron chi connectivity index (χ0n) is 13.9. The van der Waals surface area contributed by atoms with Crippen molar-refractivity contribution in [1.29, 1.82) is 0 Å². The van der Waals surface area contributed by atoms with Crippen LogP contribution in [0.2, 0.25) is 0 Å². The van der Waals surface area contributed by atoms with Crippen LogP contribution in [0, 0.1) is 0 Å². The molecular weight excluding hydrogens is 338 g/mol. The van der Waals surface area contributed by atoms with Crippen molar-refractivity contribution in [3.63, 3.8) is 0 Å². The van der Waals surface area contributed by atoms with Crippen molar-refractivity contribution in [2.75, 3.05) is 13.2 Å². The molecule has 0 saturated heterocycles. The van der Waals surface area contributed by atoms with Gasteiger partial charge in [0.2, 0.25) is 0 Å². The van der Waals surface area contributed by atoms with Gasteiger partial charge in [-0.1, -0.05) is 12.1 Å². The van der Waals surface area contributed by atoms with Gasteiger partial charge in [-0.3, -0.25) is 0 Å². The third kappa shape index (κ3) is 3.69. The summed E-state index contributed by atoms with van der Waals surface area (Å²) in [5.74, 6) is -0.671. The maximum atomic E-state index is 11.8. The SMILES string of the molecule is CCOC(=O)c1ccc(-c2nc3ccc(C(=O)OCC)cc3s2)cc1. The Kier molecular flexibility index (Phi) is 5.09. The highest BCUT2D eigenvalue weighted by atomic mass is 32.1. The normalized spacial score (nSPS) is 10.6. The second-order valence-electron chi connectivity index (χ2n) is 5.22. The van der Waals surface area contributed by atoms with Crippen LogP contribution in [-0.2, 0) is 9.47 Å². The highest BCUT2D eigenvalue weighted by Gasteiger charge is 2.12. The van der Waals surface area contributed by atoms with Crippen molar-refractivity contribution < 1.29 is 19.1 Å². The number of benzene rings is 2. The van der Waals surface area contributed by atoms with Crippen LogP contribution in [0.5, 0.6) is 0 Å². The fourth-order valence-corrected chi connectivity index (χ4v) is 3.36. The van der Waals surface area contributed by atoms with E-state index in [-0.39, 0.29) is 11.9 Å². The second-order valence-corrected chi connectivity index (χ2v) is 6.25. The zero-order chi connectivity index (χ0) is 17.8. The summed E-state index contributed by atoms with van der Waals surface area (Å²) in [6, 6.07) is 12.5. The quantitative estimate of drug-likeness (QED) is 0.638. The van der Waals surface area contributed by atoms with Gasteiger partial charge in [-0.05, 0) is 44.2 Å². The largest absolute Gasteiger partial charge is 0.462 e. The molecule has 1 aromatic heterocycles. The summed E-state index contributed by atoms with van der Waals surface area (Å²) < 4.78 is 10.9. The number of hydrogen-bond acceptors (Lipinski definition) is 6. The molecule has 25 heavy (non-hydrogen) atoms. The van der Waals surface area contributed by atoms with Crippen molar-refractivity contribution in [3.05, 3.63) is 53.6 Å². The summed E-state index contributed by atoms with van der Waals surface area (Å²) >= 11 is 1.49. The Morgan fingerprint density at radius 2 is 1.52 bits per heavy atom. The first kappa shape index (κ1) is 17.1. The Labute approximate surface area is 149 Å². The van der Waals surface area contributed by atoms with E-state index in [9.17, 15) is 9.59 Å². The number of ether oxygens (including phenoxy) is 2. The van der Waals surface area contributed by atoms with E-state index < -0.39 is 0 Å². The summed E-state index contributed by atoms with van der Waals surface area (Å²) in [6.07, 6.45) is 0. The van der Waals surface area contributed by atoms with Gasteiger partial charge in [0, 0.05) is 5.56 Å². The summed E-state index contributed by atoms with van der Waals surface area (Å²) in [4.78, 5) is 28.1. The predicted molar refractivity (Wildman–Crippen MR) is 97.0 cm³/mol. The minimum atomic E-state index is -0.336. The van der Waals surface area contributed by atoms with Gasteiger partial charge in [0.05, 0.1) is 34.6 Å². The number of carbonyl (C=O) groups excluding carboxylic acids is 2. The molecule has 128 valence electrons. The summed E-state index contributed by atoms with van der Waals surface area (Å²) in [5.41, 5.74) is 2.76. The number of carbonyl (C=O) groups is 2. The van der Waals surface area contributed by atoms with Crippen molar-refractivity contribution in [3.8, 4) is 10.6 Å². The highest BCUT2D eigenvalue weighted by molar-refractivity contribution is 7.21. The van der Waals surface area contributed by atoms with Gasteiger partial charge in [0.1, 0.15) is 5.01 Å². The first-order valence-corrected chi connectivity index (χ1v) is 8.79. The topological polar surface area (TPSA) is 65.5 Å². The molecule has 0 spiro atoms. The van der Waals surface area contributed by atoms with Gasteiger partial charge in [0.25, 0.3) is 0 Å². The van der Waals surface area contributed by atoms with E-state index in [2.05, 4.69) is 4.98 Å². The first-order valence-electron chi connectivity index (χ1n) is 7.97. The van der Waals surface area contributed by atoms with E-state index in [1.807, 2.05) is 18.2 Å². The first-order chi connectivity index (χ1) is 12.1. The van der Waals surface area contributed by atoms with Crippen LogP contribution in [0.25, 0.3) is 20.8 Å². The average molecular weight is 355 g/mol. The Balaban J connectivity index is 1.88. The molecule has 0 saturated carbocycles. The Morgan fingerprint density at radius 3 is 2.16 bits per heavy atom. The van der Waals surface area contributed by atoms with E-state index >= 15 is 0 Å². The molecule has 0 fully saturated rings. The van der Waals surface area contributed by atoms with Crippen molar-refractivity contribution in [2.45, 2.75) is 13.8 Å². The van der Waals surface area contributed by atoms with Crippen LogP contribution < -0.4 is 0 Å². The minimum absolute atomic E-state index is 0.335. The van der Waals surface area contributed by atoms with E-state index in [0.717, 1.165) is 20.8 Å². The second kappa shape index (κ2) is 7.44. The third-order valence-corrected chi connectivity index (χ3v) is 4.61. The lowest BCUT2D eigenvalue weighted by atomic mass is 10.1. The monoisotopic (exact) mass is 355 g/mol. The van der Waals surface area contributed by atoms with E-state index in [1.54, 1.807) is 38.1 Å². The molecule has 5 nitrogen and oxygen atoms in total. The molecule has 2 aromatic carbocycles. The number of rotatable bonds is 5. The zero-order valence-corrected chi connectivity index (χ0v) is 14.8. The van der Waals surface area contributed by atoms with Crippen molar-refractivity contribution >= 4 is 33.5 Å². The molecule has 3 rings (SSSR count). The number of esters is 2. The van der Waals surface area contributed by atoms with Crippen LogP contribution in [0.15, 0.2) is 42.5 Å². The Bertz CT molecular complexity index is 915. The van der Waals surface area contributed by atoms with E-state index in [1.165, 1.54) is 11.3 Å². The van der Waals surface area contributed by atoms with Crippen molar-refractivity contribution in [1.82, 2.24) is 4.98 Å². The smallest absolute Gasteiger partial charge is 0.338 e. The maximum Gasteiger partial charge on any atom is 0.338 e. The number of aromatic nitrogens is 1. The van der Waals surface area contributed by atoms with Gasteiger partial charge < -0.3 is 9.47 Å². The molecular formula is C19H17NO4S. The minimum Gasteiger partial charge on any atom is -0.462 e. The van der Waals surface area contributed by atoms with Gasteiger partial charge in [-0.15, -0.1) is 11.3 Å². The molecule has 0 radical (unpaired) electrons. The molecule has 0 aliphatic heterocycles. The summed E-state index contributed by atoms with van der Waals surface area (Å²) in [5, 5.41) is 0.825. The van der Waals surface area contributed by atoms with Crippen LogP contribution in [0.3, 0.4) is 0 Å². The molecule has 0 aliphatic carbocycles. The molecule has 1 heterocycles. The van der Waals surface area contributed by atoms with Crippen molar-refractivity contribution in [2.24, 2.45) is 0 Å². The lowest BCUT2D eigenvalue weighted by Gasteiger charge is -2.02. The maximum absolute atomic E-state index is 11.8. The standard InChI is InChI=1S/C19H17NO4S/c1-3-23-18(21)13-7-5-12(6-8-13)17-20-15-10-9-14(11-16(15)25-17)19(22)24-4-2/h5-11H,3-4H2,1-2H3. The lowest BCUT2D eigenvalue weighted by Crippen LogP contribution is -2.03. The van der Waals surface area contributed by atoms with E-state index in [0.29, 0.717) is 24.3 Å². The van der Waals surface area contributed by atoms with Crippen LogP contribution in [-0.4, -0.2) is 30.1 Å².